The van der Waals surface area contributed by atoms with Crippen LogP contribution in [-0.4, -0.2) is 18.4 Å². The second kappa shape index (κ2) is 3.36. The number of nitrogens with zero attached hydrogens (tertiary/aromatic N) is 1. The summed E-state index contributed by atoms with van der Waals surface area (Å²) in [5.41, 5.74) is 5.79. The van der Waals surface area contributed by atoms with E-state index in [1.807, 2.05) is 0 Å². The highest BCUT2D eigenvalue weighted by molar-refractivity contribution is 7.89. The Kier molecular flexibility index (Phi) is 2.60. The van der Waals surface area contributed by atoms with Gasteiger partial charge < -0.3 is 5.73 Å². The zero-order chi connectivity index (χ0) is 10.1. The quantitative estimate of drug-likeness (QED) is 0.642. The fraction of sp³-hybridized carbons (Fsp3) is 0. The van der Waals surface area contributed by atoms with Crippen molar-refractivity contribution in [2.45, 2.75) is 5.03 Å². The number of pyridine rings is 1. The lowest BCUT2D eigenvalue weighted by atomic mass is 10.3. The van der Waals surface area contributed by atoms with Gasteiger partial charge in [0.25, 0.3) is 10.0 Å². The van der Waals surface area contributed by atoms with Crippen LogP contribution in [0.3, 0.4) is 0 Å². The summed E-state index contributed by atoms with van der Waals surface area (Å²) in [6.45, 7) is 0. The molecule has 1 heterocycles. The average molecular weight is 217 g/mol. The van der Waals surface area contributed by atoms with Crippen molar-refractivity contribution in [3.05, 3.63) is 23.9 Å². The summed E-state index contributed by atoms with van der Waals surface area (Å²) < 4.78 is 21.5. The Hall–Kier alpha value is -1.05. The lowest BCUT2D eigenvalue weighted by Crippen LogP contribution is -2.15. The van der Waals surface area contributed by atoms with Crippen LogP contribution in [0.2, 0.25) is 0 Å². The fourth-order valence-corrected chi connectivity index (χ4v) is 1.27. The minimum Gasteiger partial charge on any atom is -0.389 e. The SMILES string of the molecule is NC(=S)c1ccc(S(N)(=O)=O)nc1. The second-order valence-electron chi connectivity index (χ2n) is 2.29. The molecular weight excluding hydrogens is 210 g/mol. The van der Waals surface area contributed by atoms with Crippen molar-refractivity contribution in [3.63, 3.8) is 0 Å². The van der Waals surface area contributed by atoms with Crippen LogP contribution < -0.4 is 10.9 Å². The van der Waals surface area contributed by atoms with Crippen LogP contribution in [-0.2, 0) is 10.0 Å². The van der Waals surface area contributed by atoms with Gasteiger partial charge >= 0.3 is 0 Å². The highest BCUT2D eigenvalue weighted by Gasteiger charge is 2.08. The molecule has 70 valence electrons. The molecule has 7 heteroatoms. The molecule has 0 unspecified atom stereocenters. The predicted octanol–water partition coefficient (Wildman–Crippen LogP) is -0.637. The third-order valence-electron chi connectivity index (χ3n) is 1.31. The first-order valence-electron chi connectivity index (χ1n) is 3.20. The van der Waals surface area contributed by atoms with Gasteiger partial charge in [-0.15, -0.1) is 0 Å². The molecule has 5 nitrogen and oxygen atoms in total. The zero-order valence-electron chi connectivity index (χ0n) is 6.47. The Morgan fingerprint density at radius 2 is 2.08 bits per heavy atom. The standard InChI is InChI=1S/C6H7N3O2S2/c7-6(12)4-1-2-5(9-3-4)13(8,10)11/h1-3H,(H2,7,12)(H2,8,10,11). The predicted molar refractivity (Wildman–Crippen MR) is 51.5 cm³/mol. The average Bonchev–Trinajstić information content (AvgIpc) is 2.03. The number of aromatic nitrogens is 1. The normalized spacial score (nSPS) is 11.2. The Balaban J connectivity index is 3.16. The topological polar surface area (TPSA) is 99.1 Å². The van der Waals surface area contributed by atoms with Gasteiger partial charge in [-0.25, -0.2) is 18.5 Å². The van der Waals surface area contributed by atoms with E-state index in [4.69, 9.17) is 10.9 Å². The van der Waals surface area contributed by atoms with Crippen LogP contribution in [0.15, 0.2) is 23.4 Å². The first-order valence-corrected chi connectivity index (χ1v) is 5.15. The lowest BCUT2D eigenvalue weighted by molar-refractivity contribution is 0.594. The van der Waals surface area contributed by atoms with Gasteiger partial charge in [0.05, 0.1) is 0 Å². The number of nitrogens with two attached hydrogens (primary N) is 2. The first kappa shape index (κ1) is 10.0. The van der Waals surface area contributed by atoms with Gasteiger partial charge in [-0.3, -0.25) is 0 Å². The summed E-state index contributed by atoms with van der Waals surface area (Å²) in [4.78, 5) is 3.75. The van der Waals surface area contributed by atoms with Crippen molar-refractivity contribution in [1.82, 2.24) is 4.98 Å². The van der Waals surface area contributed by atoms with Crippen molar-refractivity contribution in [2.24, 2.45) is 10.9 Å². The molecule has 1 aromatic heterocycles. The van der Waals surface area contributed by atoms with E-state index in [0.29, 0.717) is 5.56 Å². The van der Waals surface area contributed by atoms with E-state index >= 15 is 0 Å². The number of hydrogen-bond donors (Lipinski definition) is 2. The molecule has 0 bridgehead atoms. The molecular formula is C6H7N3O2S2. The van der Waals surface area contributed by atoms with Gasteiger partial charge in [0.2, 0.25) is 0 Å². The molecule has 0 aromatic carbocycles. The van der Waals surface area contributed by atoms with Crippen molar-refractivity contribution in [1.29, 1.82) is 0 Å². The Bertz CT molecular complexity index is 424. The number of primary sulfonamides is 1. The molecule has 0 radical (unpaired) electrons. The van der Waals surface area contributed by atoms with Gasteiger partial charge in [0, 0.05) is 11.8 Å². The number of rotatable bonds is 2. The van der Waals surface area contributed by atoms with Gasteiger partial charge in [0.1, 0.15) is 4.99 Å². The van der Waals surface area contributed by atoms with Gasteiger partial charge in [-0.05, 0) is 12.1 Å². The van der Waals surface area contributed by atoms with Gasteiger partial charge in [0.15, 0.2) is 5.03 Å². The van der Waals surface area contributed by atoms with E-state index in [-0.39, 0.29) is 10.0 Å². The van der Waals surface area contributed by atoms with Crippen molar-refractivity contribution in [2.75, 3.05) is 0 Å². The van der Waals surface area contributed by atoms with Crippen LogP contribution in [0.5, 0.6) is 0 Å². The molecule has 0 aliphatic carbocycles. The van der Waals surface area contributed by atoms with Gasteiger partial charge in [-0.2, -0.15) is 0 Å². The zero-order valence-corrected chi connectivity index (χ0v) is 8.10. The largest absolute Gasteiger partial charge is 0.389 e. The minimum absolute atomic E-state index is 0.161. The molecule has 0 aliphatic rings. The maximum Gasteiger partial charge on any atom is 0.255 e. The highest BCUT2D eigenvalue weighted by atomic mass is 32.2. The van der Waals surface area contributed by atoms with E-state index in [9.17, 15) is 8.42 Å². The van der Waals surface area contributed by atoms with Crippen LogP contribution in [0.1, 0.15) is 5.56 Å². The summed E-state index contributed by atoms with van der Waals surface area (Å²) in [5.74, 6) is 0. The van der Waals surface area contributed by atoms with Crippen molar-refractivity contribution >= 4 is 27.2 Å². The van der Waals surface area contributed by atoms with Crippen LogP contribution >= 0.6 is 12.2 Å². The summed E-state index contributed by atoms with van der Waals surface area (Å²) in [6.07, 6.45) is 1.27. The fourth-order valence-electron chi connectivity index (χ4n) is 0.694. The van der Waals surface area contributed by atoms with Crippen LogP contribution in [0.4, 0.5) is 0 Å². The summed E-state index contributed by atoms with van der Waals surface area (Å²) in [5, 5.41) is 4.63. The monoisotopic (exact) mass is 217 g/mol. The molecule has 0 saturated carbocycles. The molecule has 1 rings (SSSR count). The van der Waals surface area contributed by atoms with E-state index < -0.39 is 10.0 Å². The van der Waals surface area contributed by atoms with E-state index in [1.54, 1.807) is 0 Å². The van der Waals surface area contributed by atoms with E-state index in [2.05, 4.69) is 17.2 Å². The summed E-state index contributed by atoms with van der Waals surface area (Å²) in [6, 6.07) is 2.71. The van der Waals surface area contributed by atoms with Gasteiger partial charge in [-0.1, -0.05) is 12.2 Å². The number of thiocarbonyl (C=S) groups is 1. The third kappa shape index (κ3) is 2.44. The molecule has 13 heavy (non-hydrogen) atoms. The summed E-state index contributed by atoms with van der Waals surface area (Å²) >= 11 is 4.66. The Morgan fingerprint density at radius 1 is 1.46 bits per heavy atom. The molecule has 0 fully saturated rings. The lowest BCUT2D eigenvalue weighted by Gasteiger charge is -1.98. The third-order valence-corrected chi connectivity index (χ3v) is 2.37. The molecule has 0 amide bonds. The molecule has 0 aliphatic heterocycles. The number of sulfonamides is 1. The molecule has 0 saturated heterocycles. The Labute approximate surface area is 80.8 Å². The van der Waals surface area contributed by atoms with E-state index in [0.717, 1.165) is 0 Å². The van der Waals surface area contributed by atoms with Crippen LogP contribution in [0.25, 0.3) is 0 Å². The highest BCUT2D eigenvalue weighted by Crippen LogP contribution is 2.03. The Morgan fingerprint density at radius 3 is 2.38 bits per heavy atom. The smallest absolute Gasteiger partial charge is 0.255 e. The maximum atomic E-state index is 10.8. The molecule has 0 atom stereocenters. The summed E-state index contributed by atoms with van der Waals surface area (Å²) in [7, 11) is -3.74. The van der Waals surface area contributed by atoms with Crippen LogP contribution in [0, 0.1) is 0 Å². The minimum atomic E-state index is -3.74. The van der Waals surface area contributed by atoms with E-state index in [1.165, 1.54) is 18.3 Å². The van der Waals surface area contributed by atoms with Crippen molar-refractivity contribution in [3.8, 4) is 0 Å². The van der Waals surface area contributed by atoms with Crippen molar-refractivity contribution < 1.29 is 8.42 Å². The second-order valence-corrected chi connectivity index (χ2v) is 4.24. The maximum absolute atomic E-state index is 10.8. The molecule has 1 aromatic rings. The molecule has 4 N–H and O–H groups in total. The number of hydrogen-bond acceptors (Lipinski definition) is 4. The molecule has 0 spiro atoms. The first-order chi connectivity index (χ1) is 5.91.